The summed E-state index contributed by atoms with van der Waals surface area (Å²) in [6.45, 7) is 3.65. The van der Waals surface area contributed by atoms with E-state index in [4.69, 9.17) is 19.3 Å². The van der Waals surface area contributed by atoms with Gasteiger partial charge in [0.1, 0.15) is 12.6 Å². The van der Waals surface area contributed by atoms with E-state index in [0.717, 1.165) is 49.8 Å². The standard InChI is InChI=1S/C38H49F2N5O8/c1-25(23-41-38(49)50)35(46)42-32(27-11-7-4-8-12-27)36(47)44-13-15-45(16-14-44)37(48)33-34(28-21-29(39)30(40)22-31(28)43(33)2)53-20-19-51-17-18-52-24-26-9-5-3-6-10-26/h3,5-6,9-10,21-22,25,27,32,41H,4,7-8,11-20,23-24H2,1-2H3,(H,42,46)(H,49,50)/t25-,32-/m0/s1. The number of carbonyl (C=O) groups excluding carboxylic acids is 3. The van der Waals surface area contributed by atoms with E-state index in [0.29, 0.717) is 19.8 Å². The number of rotatable bonds is 16. The van der Waals surface area contributed by atoms with Gasteiger partial charge in [-0.3, -0.25) is 14.4 Å². The van der Waals surface area contributed by atoms with E-state index in [2.05, 4.69) is 10.6 Å². The third kappa shape index (κ3) is 10.2. The minimum Gasteiger partial charge on any atom is -0.488 e. The molecule has 1 saturated heterocycles. The van der Waals surface area contributed by atoms with Gasteiger partial charge in [-0.15, -0.1) is 0 Å². The zero-order valence-corrected chi connectivity index (χ0v) is 30.3. The van der Waals surface area contributed by atoms with Gasteiger partial charge in [-0.2, -0.15) is 0 Å². The predicted octanol–water partition coefficient (Wildman–Crippen LogP) is 4.32. The molecule has 53 heavy (non-hydrogen) atoms. The number of nitrogens with zero attached hydrogens (tertiary/aromatic N) is 3. The molecular weight excluding hydrogens is 692 g/mol. The van der Waals surface area contributed by atoms with Gasteiger partial charge in [0.25, 0.3) is 5.91 Å². The molecule has 3 aromatic rings. The van der Waals surface area contributed by atoms with Crippen LogP contribution in [0.2, 0.25) is 0 Å². The summed E-state index contributed by atoms with van der Waals surface area (Å²) >= 11 is 0. The molecule has 0 bridgehead atoms. The van der Waals surface area contributed by atoms with Crippen molar-refractivity contribution in [3.05, 3.63) is 65.4 Å². The molecule has 1 aromatic heterocycles. The number of aromatic nitrogens is 1. The van der Waals surface area contributed by atoms with Gasteiger partial charge in [0.15, 0.2) is 23.1 Å². The Hall–Kier alpha value is -4.76. The van der Waals surface area contributed by atoms with Gasteiger partial charge in [0, 0.05) is 51.2 Å². The van der Waals surface area contributed by atoms with Crippen molar-refractivity contribution >= 4 is 34.7 Å². The summed E-state index contributed by atoms with van der Waals surface area (Å²) in [6.07, 6.45) is 3.29. The van der Waals surface area contributed by atoms with Crippen molar-refractivity contribution in [1.29, 1.82) is 0 Å². The fourth-order valence-electron chi connectivity index (χ4n) is 6.92. The minimum atomic E-state index is -1.23. The second-order valence-corrected chi connectivity index (χ2v) is 13.6. The average molecular weight is 742 g/mol. The lowest BCUT2D eigenvalue weighted by Crippen LogP contribution is -2.58. The molecule has 2 atom stereocenters. The first-order valence-corrected chi connectivity index (χ1v) is 18.2. The molecule has 4 amide bonds. The maximum Gasteiger partial charge on any atom is 0.404 e. The number of ether oxygens (including phenoxy) is 3. The highest BCUT2D eigenvalue weighted by atomic mass is 19.2. The smallest absolute Gasteiger partial charge is 0.404 e. The van der Waals surface area contributed by atoms with Crippen LogP contribution in [0.3, 0.4) is 0 Å². The number of amides is 4. The van der Waals surface area contributed by atoms with Gasteiger partial charge >= 0.3 is 6.09 Å². The lowest BCUT2D eigenvalue weighted by Gasteiger charge is -2.39. The van der Waals surface area contributed by atoms with E-state index >= 15 is 0 Å². The lowest BCUT2D eigenvalue weighted by atomic mass is 9.83. The number of piperazine rings is 1. The van der Waals surface area contributed by atoms with Crippen molar-refractivity contribution < 1.29 is 47.3 Å². The van der Waals surface area contributed by atoms with E-state index in [1.165, 1.54) is 4.57 Å². The molecular formula is C38H49F2N5O8. The molecule has 2 fully saturated rings. The highest BCUT2D eigenvalue weighted by Crippen LogP contribution is 2.35. The van der Waals surface area contributed by atoms with Crippen LogP contribution < -0.4 is 15.4 Å². The molecule has 2 aromatic carbocycles. The quantitative estimate of drug-likeness (QED) is 0.184. The number of carboxylic acid groups (broad SMARTS) is 1. The van der Waals surface area contributed by atoms with E-state index < -0.39 is 41.5 Å². The SMILES string of the molecule is C[C@@H](CNC(=O)O)C(=O)N[C@H](C(=O)N1CCN(C(=O)c2c(OCCOCCOCc3ccccc3)c3cc(F)c(F)cc3n2C)CC1)C1CCCCC1. The molecule has 5 rings (SSSR count). The van der Waals surface area contributed by atoms with E-state index in [9.17, 15) is 28.0 Å². The summed E-state index contributed by atoms with van der Waals surface area (Å²) in [4.78, 5) is 55.2. The summed E-state index contributed by atoms with van der Waals surface area (Å²) in [5, 5.41) is 14.3. The molecule has 0 radical (unpaired) electrons. The van der Waals surface area contributed by atoms with Crippen LogP contribution in [0.1, 0.15) is 55.1 Å². The molecule has 288 valence electrons. The number of nitrogens with one attached hydrogen (secondary N) is 2. The molecule has 1 saturated carbocycles. The van der Waals surface area contributed by atoms with Gasteiger partial charge < -0.3 is 44.3 Å². The van der Waals surface area contributed by atoms with Crippen LogP contribution in [0.4, 0.5) is 13.6 Å². The van der Waals surface area contributed by atoms with Crippen molar-refractivity contribution in [1.82, 2.24) is 25.0 Å². The summed E-state index contributed by atoms with van der Waals surface area (Å²) in [5.74, 6) is -3.81. The third-order valence-electron chi connectivity index (χ3n) is 9.93. The molecule has 15 heteroatoms. The topological polar surface area (TPSA) is 152 Å². The van der Waals surface area contributed by atoms with Gasteiger partial charge in [-0.05, 0) is 30.4 Å². The van der Waals surface area contributed by atoms with Crippen LogP contribution in [0.25, 0.3) is 10.9 Å². The van der Waals surface area contributed by atoms with Crippen molar-refractivity contribution in [3.63, 3.8) is 0 Å². The number of halogens is 2. The second kappa shape index (κ2) is 18.8. The Morgan fingerprint density at radius 2 is 1.53 bits per heavy atom. The molecule has 2 aliphatic rings. The molecule has 13 nitrogen and oxygen atoms in total. The van der Waals surface area contributed by atoms with Crippen molar-refractivity contribution in [3.8, 4) is 5.75 Å². The van der Waals surface area contributed by atoms with Crippen LogP contribution in [-0.4, -0.2) is 108 Å². The number of fused-ring (bicyclic) bond motifs is 1. The zero-order chi connectivity index (χ0) is 37.9. The highest BCUT2D eigenvalue weighted by molar-refractivity contribution is 6.04. The molecule has 1 aliphatic heterocycles. The first kappa shape index (κ1) is 39.4. The Kier molecular flexibility index (Phi) is 14.0. The molecule has 1 aliphatic carbocycles. The fraction of sp³-hybridized carbons (Fsp3) is 0.526. The normalized spacial score (nSPS) is 16.3. The van der Waals surface area contributed by atoms with Crippen LogP contribution >= 0.6 is 0 Å². The maximum absolute atomic E-state index is 14.5. The number of aryl methyl sites for hydroxylation is 1. The number of hydrogen-bond acceptors (Lipinski definition) is 7. The largest absolute Gasteiger partial charge is 0.488 e. The minimum absolute atomic E-state index is 0.0403. The molecule has 0 spiro atoms. The van der Waals surface area contributed by atoms with Crippen LogP contribution in [-0.2, 0) is 32.7 Å². The Labute approximate surface area is 307 Å². The summed E-state index contributed by atoms with van der Waals surface area (Å²) in [7, 11) is 1.59. The number of carbonyl (C=O) groups is 4. The summed E-state index contributed by atoms with van der Waals surface area (Å²) in [5.41, 5.74) is 1.45. The van der Waals surface area contributed by atoms with Gasteiger partial charge in [0.2, 0.25) is 11.8 Å². The van der Waals surface area contributed by atoms with Gasteiger partial charge in [0.05, 0.1) is 37.9 Å². The fourth-order valence-corrected chi connectivity index (χ4v) is 6.92. The van der Waals surface area contributed by atoms with E-state index in [1.807, 2.05) is 30.3 Å². The predicted molar refractivity (Wildman–Crippen MR) is 191 cm³/mol. The van der Waals surface area contributed by atoms with Gasteiger partial charge in [-0.25, -0.2) is 13.6 Å². The molecule has 3 N–H and O–H groups in total. The first-order chi connectivity index (χ1) is 25.5. The number of hydrogen-bond donors (Lipinski definition) is 3. The lowest BCUT2D eigenvalue weighted by molar-refractivity contribution is -0.140. The van der Waals surface area contributed by atoms with Crippen molar-refractivity contribution in [2.75, 3.05) is 59.2 Å². The van der Waals surface area contributed by atoms with Crippen molar-refractivity contribution in [2.24, 2.45) is 18.9 Å². The van der Waals surface area contributed by atoms with Crippen LogP contribution in [0.5, 0.6) is 5.75 Å². The molecule has 0 unspecified atom stereocenters. The highest BCUT2D eigenvalue weighted by Gasteiger charge is 2.37. The Bertz CT molecular complexity index is 1720. The molecule has 2 heterocycles. The number of benzene rings is 2. The van der Waals surface area contributed by atoms with Crippen LogP contribution in [0.15, 0.2) is 42.5 Å². The average Bonchev–Trinajstić information content (AvgIpc) is 3.43. The third-order valence-corrected chi connectivity index (χ3v) is 9.93. The van der Waals surface area contributed by atoms with Crippen LogP contribution in [0, 0.1) is 23.5 Å². The van der Waals surface area contributed by atoms with E-state index in [-0.39, 0.29) is 80.1 Å². The Morgan fingerprint density at radius 3 is 2.23 bits per heavy atom. The van der Waals surface area contributed by atoms with Gasteiger partial charge in [-0.1, -0.05) is 56.5 Å². The summed E-state index contributed by atoms with van der Waals surface area (Å²) < 4.78 is 47.6. The Morgan fingerprint density at radius 1 is 0.887 bits per heavy atom. The second-order valence-electron chi connectivity index (χ2n) is 13.6. The summed E-state index contributed by atoms with van der Waals surface area (Å²) in [6, 6.07) is 11.0. The Balaban J connectivity index is 1.21. The monoisotopic (exact) mass is 741 g/mol. The maximum atomic E-state index is 14.5. The van der Waals surface area contributed by atoms with Crippen molar-refractivity contribution in [2.45, 2.75) is 51.7 Å². The van der Waals surface area contributed by atoms with E-state index in [1.54, 1.807) is 23.8 Å². The zero-order valence-electron chi connectivity index (χ0n) is 30.3. The first-order valence-electron chi connectivity index (χ1n) is 18.2.